The van der Waals surface area contributed by atoms with Crippen LogP contribution < -0.4 is 14.8 Å². The lowest BCUT2D eigenvalue weighted by molar-refractivity contribution is 0.00503. The predicted octanol–water partition coefficient (Wildman–Crippen LogP) is 4.42. The van der Waals surface area contributed by atoms with Crippen molar-refractivity contribution in [2.75, 3.05) is 51.9 Å². The number of anilines is 2. The molecule has 3 aromatic heterocycles. The molecule has 0 radical (unpaired) electrons. The van der Waals surface area contributed by atoms with Crippen LogP contribution >= 0.6 is 11.6 Å². The molecule has 4 aromatic rings. The number of rotatable bonds is 14. The van der Waals surface area contributed by atoms with Crippen LogP contribution in [0.2, 0.25) is 5.02 Å². The minimum atomic E-state index is -0.203. The van der Waals surface area contributed by atoms with Gasteiger partial charge in [0.25, 0.3) is 5.88 Å². The Morgan fingerprint density at radius 2 is 1.83 bits per heavy atom. The first-order valence-corrected chi connectivity index (χ1v) is 16.2. The number of morpholine rings is 1. The molecule has 2 fully saturated rings. The molecule has 246 valence electrons. The van der Waals surface area contributed by atoms with Crippen molar-refractivity contribution in [1.82, 2.24) is 44.9 Å². The number of halogens is 1. The molecule has 0 spiro atoms. The van der Waals surface area contributed by atoms with Crippen LogP contribution in [-0.2, 0) is 16.0 Å². The molecule has 0 amide bonds. The van der Waals surface area contributed by atoms with E-state index in [2.05, 4.69) is 35.7 Å². The van der Waals surface area contributed by atoms with Gasteiger partial charge in [-0.2, -0.15) is 0 Å². The first-order valence-electron chi connectivity index (χ1n) is 15.8. The van der Waals surface area contributed by atoms with Crippen LogP contribution in [0.25, 0.3) is 11.1 Å². The zero-order chi connectivity index (χ0) is 31.7. The van der Waals surface area contributed by atoms with E-state index in [0.717, 1.165) is 75.2 Å². The molecule has 0 bridgehead atoms. The Hall–Kier alpha value is -3.85. The number of hydrogen-bond donors (Lipinski definition) is 1. The van der Waals surface area contributed by atoms with Crippen molar-refractivity contribution < 1.29 is 18.9 Å². The van der Waals surface area contributed by atoms with Gasteiger partial charge < -0.3 is 24.3 Å². The summed E-state index contributed by atoms with van der Waals surface area (Å²) in [5.41, 5.74) is 2.44. The summed E-state index contributed by atoms with van der Waals surface area (Å²) in [7, 11) is 1.69. The molecular formula is C31H41ClN10O4. The van der Waals surface area contributed by atoms with Crippen molar-refractivity contribution >= 4 is 23.2 Å². The Balaban J connectivity index is 1.12. The summed E-state index contributed by atoms with van der Waals surface area (Å²) in [5, 5.41) is 19.9. The second-order valence-electron chi connectivity index (χ2n) is 11.7. The van der Waals surface area contributed by atoms with Gasteiger partial charge in [0.2, 0.25) is 5.95 Å². The highest BCUT2D eigenvalue weighted by Crippen LogP contribution is 2.35. The lowest BCUT2D eigenvalue weighted by atomic mass is 9.90. The predicted molar refractivity (Wildman–Crippen MR) is 172 cm³/mol. The molecule has 6 rings (SSSR count). The summed E-state index contributed by atoms with van der Waals surface area (Å²) in [6, 6.07) is 6.53. The second kappa shape index (κ2) is 15.6. The Morgan fingerprint density at radius 1 is 1.04 bits per heavy atom. The first kappa shape index (κ1) is 32.1. The Morgan fingerprint density at radius 3 is 2.57 bits per heavy atom. The SMILES string of the molecule is COCCCOc1nn([C@H]2CC[C@H](N3CCOCC3)CC2)cc1Nc1ncc(-c2ccc(Cl)c(O[C@@H](C)Cn3cnnn3)c2)cn1. The number of nitrogens with one attached hydrogen (secondary N) is 1. The largest absolute Gasteiger partial charge is 0.487 e. The van der Waals surface area contributed by atoms with Gasteiger partial charge in [-0.15, -0.1) is 10.2 Å². The zero-order valence-electron chi connectivity index (χ0n) is 26.3. The molecule has 2 aliphatic rings. The van der Waals surface area contributed by atoms with Crippen molar-refractivity contribution in [2.24, 2.45) is 0 Å². The average Bonchev–Trinajstić information content (AvgIpc) is 3.75. The quantitative estimate of drug-likeness (QED) is 0.193. The smallest absolute Gasteiger partial charge is 0.256 e. The Kier molecular flexibility index (Phi) is 10.9. The van der Waals surface area contributed by atoms with E-state index in [4.69, 9.17) is 35.6 Å². The third kappa shape index (κ3) is 8.29. The van der Waals surface area contributed by atoms with Gasteiger partial charge in [-0.3, -0.25) is 9.58 Å². The minimum absolute atomic E-state index is 0.203. The van der Waals surface area contributed by atoms with Crippen molar-refractivity contribution in [2.45, 2.75) is 63.8 Å². The van der Waals surface area contributed by atoms with Gasteiger partial charge in [0.05, 0.1) is 43.6 Å². The third-order valence-electron chi connectivity index (χ3n) is 8.36. The highest BCUT2D eigenvalue weighted by atomic mass is 35.5. The van der Waals surface area contributed by atoms with Gasteiger partial charge in [-0.05, 0) is 60.7 Å². The van der Waals surface area contributed by atoms with Crippen LogP contribution in [0.15, 0.2) is 43.1 Å². The zero-order valence-corrected chi connectivity index (χ0v) is 27.1. The highest BCUT2D eigenvalue weighted by molar-refractivity contribution is 6.32. The van der Waals surface area contributed by atoms with E-state index in [1.807, 2.05) is 29.9 Å². The minimum Gasteiger partial charge on any atom is -0.487 e. The lowest BCUT2D eigenvalue weighted by Gasteiger charge is -2.38. The van der Waals surface area contributed by atoms with E-state index in [-0.39, 0.29) is 6.10 Å². The summed E-state index contributed by atoms with van der Waals surface area (Å²) in [5.74, 6) is 1.54. The van der Waals surface area contributed by atoms with E-state index in [1.165, 1.54) is 0 Å². The molecule has 0 unspecified atom stereocenters. The molecule has 4 heterocycles. The van der Waals surface area contributed by atoms with Crippen molar-refractivity contribution in [3.8, 4) is 22.8 Å². The number of hydrogen-bond acceptors (Lipinski definition) is 12. The summed E-state index contributed by atoms with van der Waals surface area (Å²) in [6.45, 7) is 7.26. The van der Waals surface area contributed by atoms with Crippen molar-refractivity contribution in [3.05, 3.63) is 48.1 Å². The van der Waals surface area contributed by atoms with Crippen LogP contribution in [0.3, 0.4) is 0 Å². The monoisotopic (exact) mass is 652 g/mol. The number of methoxy groups -OCH3 is 1. The van der Waals surface area contributed by atoms with Gasteiger partial charge >= 0.3 is 0 Å². The van der Waals surface area contributed by atoms with Gasteiger partial charge in [0.1, 0.15) is 23.9 Å². The van der Waals surface area contributed by atoms with E-state index >= 15 is 0 Å². The Bertz CT molecular complexity index is 1510. The molecule has 1 aliphatic heterocycles. The maximum absolute atomic E-state index is 6.45. The fourth-order valence-corrected chi connectivity index (χ4v) is 6.14. The van der Waals surface area contributed by atoms with Crippen molar-refractivity contribution in [1.29, 1.82) is 0 Å². The normalized spacial score (nSPS) is 19.5. The van der Waals surface area contributed by atoms with Crippen LogP contribution in [-0.4, -0.2) is 104 Å². The average molecular weight is 653 g/mol. The van der Waals surface area contributed by atoms with E-state index in [9.17, 15) is 0 Å². The molecule has 14 nitrogen and oxygen atoms in total. The third-order valence-corrected chi connectivity index (χ3v) is 8.67. The molecular weight excluding hydrogens is 612 g/mol. The van der Waals surface area contributed by atoms with Gasteiger partial charge in [0, 0.05) is 57.2 Å². The molecule has 1 saturated heterocycles. The molecule has 46 heavy (non-hydrogen) atoms. The summed E-state index contributed by atoms with van der Waals surface area (Å²) < 4.78 is 26.6. The fourth-order valence-electron chi connectivity index (χ4n) is 5.97. The topological polar surface area (TPSA) is 139 Å². The molecule has 1 aromatic carbocycles. The maximum atomic E-state index is 6.45. The standard InChI is InChI=1S/C31H41ClN10O4/c1-22(19-41-21-35-38-39-41)46-29-16-23(4-9-27(29)32)24-17-33-31(34-18-24)36-28-20-42(37-30(28)45-13-3-12-43-2)26-7-5-25(6-8-26)40-10-14-44-15-11-40/h4,9,16-18,20-22,25-26H,3,5-8,10-15,19H2,1-2H3,(H,33,34,36)/t22-,25-,26-/m0/s1. The molecule has 1 aliphatic carbocycles. The van der Waals surface area contributed by atoms with Gasteiger partial charge in [0.15, 0.2) is 0 Å². The summed E-state index contributed by atoms with van der Waals surface area (Å²) in [4.78, 5) is 11.8. The van der Waals surface area contributed by atoms with Crippen LogP contribution in [0.1, 0.15) is 45.1 Å². The molecule has 1 N–H and O–H groups in total. The number of tetrazole rings is 1. The number of nitrogens with zero attached hydrogens (tertiary/aromatic N) is 9. The summed E-state index contributed by atoms with van der Waals surface area (Å²) in [6.07, 6.45) is 12.1. The van der Waals surface area contributed by atoms with E-state index < -0.39 is 0 Å². The second-order valence-corrected chi connectivity index (χ2v) is 12.1. The van der Waals surface area contributed by atoms with Crippen LogP contribution in [0, 0.1) is 0 Å². The Labute approximate surface area is 273 Å². The van der Waals surface area contributed by atoms with Crippen LogP contribution in [0.5, 0.6) is 11.6 Å². The van der Waals surface area contributed by atoms with E-state index in [0.29, 0.717) is 54.4 Å². The van der Waals surface area contributed by atoms with E-state index in [1.54, 1.807) is 36.6 Å². The number of ether oxygens (including phenoxy) is 4. The number of aromatic nitrogens is 8. The first-order chi connectivity index (χ1) is 22.6. The summed E-state index contributed by atoms with van der Waals surface area (Å²) >= 11 is 6.45. The lowest BCUT2D eigenvalue weighted by Crippen LogP contribution is -2.45. The van der Waals surface area contributed by atoms with Gasteiger partial charge in [-0.25, -0.2) is 14.6 Å². The van der Waals surface area contributed by atoms with Gasteiger partial charge in [-0.1, -0.05) is 17.7 Å². The molecule has 1 saturated carbocycles. The highest BCUT2D eigenvalue weighted by Gasteiger charge is 2.29. The fraction of sp³-hybridized carbons (Fsp3) is 0.548. The molecule has 15 heteroatoms. The van der Waals surface area contributed by atoms with Crippen molar-refractivity contribution in [3.63, 3.8) is 0 Å². The van der Waals surface area contributed by atoms with Crippen LogP contribution in [0.4, 0.5) is 11.6 Å². The number of benzene rings is 1. The maximum Gasteiger partial charge on any atom is 0.256 e. The molecule has 1 atom stereocenters.